The number of phenolic OH excluding ortho intramolecular Hbond substituents is 8. The molecule has 12 N–H and O–H groups in total. The fourth-order valence-electron chi connectivity index (χ4n) is 20.2. The quantitative estimate of drug-likeness (QED) is 0.0203. The van der Waals surface area contributed by atoms with Crippen LogP contribution in [0.4, 0.5) is 0 Å². The van der Waals surface area contributed by atoms with Crippen molar-refractivity contribution in [1.82, 2.24) is 0 Å². The number of aromatic hydroxyl groups is 8. The van der Waals surface area contributed by atoms with E-state index in [0.29, 0.717) is 156 Å². The highest BCUT2D eigenvalue weighted by molar-refractivity contribution is 5.74. The molecule has 12 aromatic rings. The molecule has 0 atom stereocenters. The molecule has 20 heteroatoms. The standard InChI is InChI=1S/C110H116O20.2CH4/c1-53-37-89(111)61(9)29-77(53)101(78-30-62(10)90(112)38-54(78)2)85-45-73(25-69(17)105(85)127-49-97(119)120)109(74-26-70(18)106(128-50-98(121)122)86(46-74)102(79-31-63(11)91(113)39-55(79)3)80-32-64(12)92(114)40-56(80)4)21-23-110(24-22-109,75-27-71(19)107(129-51-99(123)124)87(47-75)103(81-33-65(13)93(115)41-57(81)5)82-34-66(14)94(116)42-58(82)6)76-28-72(20)108(130-52-100(125)126)88(48-76)104(83-35-67(15)95(117)43-59(83)7)84-36-68(16)96(118)44-60(84)8;;/h25-48,101-104,111-118H,21-24,49-52H2,1-20H3,(H,119,120)(H,121,122)(H,123,124)(H,125,126);2*1H4. The van der Waals surface area contributed by atoms with Gasteiger partial charge in [-0.05, 0) is 391 Å². The number of aryl methyl sites for hydroxylation is 20. The molecule has 0 aliphatic heterocycles. The van der Waals surface area contributed by atoms with Crippen LogP contribution in [-0.2, 0) is 30.0 Å². The Balaban J connectivity index is 0.00000840. The maximum atomic E-state index is 13.2. The molecule has 1 fully saturated rings. The van der Waals surface area contributed by atoms with Gasteiger partial charge >= 0.3 is 23.9 Å². The van der Waals surface area contributed by atoms with Crippen LogP contribution in [0.15, 0.2) is 146 Å². The van der Waals surface area contributed by atoms with Crippen molar-refractivity contribution in [3.63, 3.8) is 0 Å². The molecule has 1 aliphatic carbocycles. The molecule has 0 bridgehead atoms. The number of carbonyl (C=O) groups is 4. The molecule has 12 aromatic carbocycles. The first kappa shape index (κ1) is 98.7. The van der Waals surface area contributed by atoms with Crippen LogP contribution >= 0.6 is 0 Å². The Labute approximate surface area is 773 Å². The monoisotopic (exact) mass is 1790 g/mol. The highest BCUT2D eigenvalue weighted by Gasteiger charge is 2.50. The van der Waals surface area contributed by atoms with Crippen molar-refractivity contribution in [2.24, 2.45) is 0 Å². The zero-order chi connectivity index (χ0) is 94.8. The van der Waals surface area contributed by atoms with Crippen molar-refractivity contribution in [3.05, 3.63) is 346 Å². The zero-order valence-electron chi connectivity index (χ0n) is 77.5. The molecule has 0 amide bonds. The lowest BCUT2D eigenvalue weighted by molar-refractivity contribution is -0.140. The summed E-state index contributed by atoms with van der Waals surface area (Å²) in [5.41, 5.74) is 20.1. The number of carboxylic acid groups (broad SMARTS) is 4. The summed E-state index contributed by atoms with van der Waals surface area (Å²) in [5.74, 6) is -6.98. The van der Waals surface area contributed by atoms with Gasteiger partial charge in [0.2, 0.25) is 0 Å². The molecular formula is C112H124O20. The van der Waals surface area contributed by atoms with E-state index < -0.39 is 84.8 Å². The number of benzene rings is 12. The lowest BCUT2D eigenvalue weighted by Crippen LogP contribution is -2.42. The summed E-state index contributed by atoms with van der Waals surface area (Å²) in [6.45, 7) is 34.0. The van der Waals surface area contributed by atoms with E-state index in [-0.39, 0.29) is 110 Å². The Bertz CT molecular complexity index is 5580. The van der Waals surface area contributed by atoms with Gasteiger partial charge in [-0.2, -0.15) is 0 Å². The first-order valence-electron chi connectivity index (χ1n) is 43.6. The number of ether oxygens (including phenoxy) is 4. The second-order valence-corrected chi connectivity index (χ2v) is 36.4. The fraction of sp³-hybridized carbons (Fsp3) is 0.321. The number of rotatable bonds is 28. The van der Waals surface area contributed by atoms with Crippen LogP contribution in [0.5, 0.6) is 69.0 Å². The minimum Gasteiger partial charge on any atom is -0.508 e. The van der Waals surface area contributed by atoms with Gasteiger partial charge in [0.05, 0.1) is 0 Å². The first-order chi connectivity index (χ1) is 61.2. The van der Waals surface area contributed by atoms with Crippen LogP contribution < -0.4 is 18.9 Å². The van der Waals surface area contributed by atoms with Gasteiger partial charge in [-0.3, -0.25) is 0 Å². The largest absolute Gasteiger partial charge is 0.508 e. The van der Waals surface area contributed by atoms with Gasteiger partial charge < -0.3 is 80.2 Å². The minimum absolute atomic E-state index is 0. The van der Waals surface area contributed by atoms with Crippen LogP contribution in [0.3, 0.4) is 0 Å². The topological polar surface area (TPSA) is 348 Å². The molecule has 132 heavy (non-hydrogen) atoms. The molecule has 1 saturated carbocycles. The lowest BCUT2D eigenvalue weighted by atomic mass is 9.54. The Morgan fingerprint density at radius 3 is 0.477 bits per heavy atom. The second-order valence-electron chi connectivity index (χ2n) is 36.4. The summed E-state index contributed by atoms with van der Waals surface area (Å²) in [4.78, 5) is 52.8. The predicted molar refractivity (Wildman–Crippen MR) is 515 cm³/mol. The van der Waals surface area contributed by atoms with Crippen molar-refractivity contribution in [2.45, 2.75) is 214 Å². The summed E-state index contributed by atoms with van der Waals surface area (Å²) in [6, 6.07) is 45.4. The first-order valence-corrected chi connectivity index (χ1v) is 43.6. The van der Waals surface area contributed by atoms with E-state index in [9.17, 15) is 80.5 Å². The van der Waals surface area contributed by atoms with Crippen molar-refractivity contribution in [1.29, 1.82) is 0 Å². The second kappa shape index (κ2) is 38.7. The SMILES string of the molecule is C.C.Cc1cc(C(c2cc(C)c(O)cc2C)c2cc(C3(c4cc(C)c(OCC(=O)O)c(C(c5cc(C)c(O)cc5C)c5cc(C)c(O)cc5C)c4)CCC(c4cc(C)c(OCC(=O)O)c(C(c5cc(C)c(O)cc5C)c5cc(C)c(O)cc5C)c4)(c4cc(C)c(OCC(=O)O)c(C(c5cc(C)c(O)cc5C)c5cc(C)c(O)cc5C)c4)CC3)cc(C)c2OCC(=O)O)c(C)cc1O. The van der Waals surface area contributed by atoms with Crippen molar-refractivity contribution < 1.29 is 99.4 Å². The van der Waals surface area contributed by atoms with Gasteiger partial charge in [-0.1, -0.05) is 112 Å². The Morgan fingerprint density at radius 1 is 0.212 bits per heavy atom. The summed E-state index contributed by atoms with van der Waals surface area (Å²) < 4.78 is 26.8. The van der Waals surface area contributed by atoms with E-state index in [1.807, 2.05) is 156 Å². The van der Waals surface area contributed by atoms with Gasteiger partial charge in [0.1, 0.15) is 69.0 Å². The maximum Gasteiger partial charge on any atom is 0.341 e. The molecule has 1 aliphatic rings. The van der Waals surface area contributed by atoms with Gasteiger partial charge in [0.25, 0.3) is 0 Å². The summed E-state index contributed by atoms with van der Waals surface area (Å²) >= 11 is 0. The van der Waals surface area contributed by atoms with E-state index >= 15 is 0 Å². The van der Waals surface area contributed by atoms with Gasteiger partial charge in [-0.15, -0.1) is 0 Å². The fourth-order valence-corrected chi connectivity index (χ4v) is 20.2. The average Bonchev–Trinajstić information content (AvgIpc) is 0.712. The summed E-state index contributed by atoms with van der Waals surface area (Å²) in [5, 5.41) is 136. The molecule has 0 saturated heterocycles. The van der Waals surface area contributed by atoms with Crippen molar-refractivity contribution >= 4 is 23.9 Å². The summed E-state index contributed by atoms with van der Waals surface area (Å²) in [7, 11) is 0. The summed E-state index contributed by atoms with van der Waals surface area (Å²) in [6.07, 6.45) is 0.767. The molecule has 0 spiro atoms. The number of hydrogen-bond donors (Lipinski definition) is 12. The van der Waals surface area contributed by atoms with E-state index in [1.165, 1.54) is 0 Å². The molecule has 0 radical (unpaired) electrons. The number of hydrogen-bond acceptors (Lipinski definition) is 16. The molecule has 0 aromatic heterocycles. The smallest absolute Gasteiger partial charge is 0.341 e. The minimum atomic E-state index is -1.27. The Kier molecular flexibility index (Phi) is 28.9. The third-order valence-corrected chi connectivity index (χ3v) is 27.1. The third kappa shape index (κ3) is 19.1. The lowest BCUT2D eigenvalue weighted by Gasteiger charge is -2.49. The van der Waals surface area contributed by atoms with Gasteiger partial charge in [0.15, 0.2) is 26.4 Å². The van der Waals surface area contributed by atoms with E-state index in [1.54, 1.807) is 104 Å². The van der Waals surface area contributed by atoms with Gasteiger partial charge in [-0.25, -0.2) is 19.2 Å². The predicted octanol–water partition coefficient (Wildman–Crippen LogP) is 23.2. The third-order valence-electron chi connectivity index (χ3n) is 27.1. The van der Waals surface area contributed by atoms with Crippen molar-refractivity contribution in [3.8, 4) is 69.0 Å². The highest BCUT2D eigenvalue weighted by atomic mass is 16.5. The molecule has 692 valence electrons. The van der Waals surface area contributed by atoms with E-state index in [2.05, 4.69) is 24.3 Å². The van der Waals surface area contributed by atoms with E-state index in [4.69, 9.17) is 18.9 Å². The molecule has 0 heterocycles. The Hall–Kier alpha value is -13.9. The normalized spacial score (nSPS) is 12.8. The number of carboxylic acids is 4. The van der Waals surface area contributed by atoms with Crippen LogP contribution in [0.2, 0.25) is 0 Å². The zero-order valence-corrected chi connectivity index (χ0v) is 77.5. The van der Waals surface area contributed by atoms with Crippen LogP contribution in [0.25, 0.3) is 0 Å². The maximum absolute atomic E-state index is 13.2. The van der Waals surface area contributed by atoms with Gasteiger partial charge in [0, 0.05) is 56.8 Å². The number of phenols is 8. The molecule has 20 nitrogen and oxygen atoms in total. The Morgan fingerprint density at radius 2 is 0.348 bits per heavy atom. The van der Waals surface area contributed by atoms with Crippen LogP contribution in [0.1, 0.15) is 264 Å². The van der Waals surface area contributed by atoms with Crippen LogP contribution in [0, 0.1) is 138 Å². The average molecular weight is 1790 g/mol. The number of aliphatic carboxylic acids is 4. The molecular weight excluding hydrogens is 1670 g/mol. The van der Waals surface area contributed by atoms with E-state index in [0.717, 1.165) is 44.5 Å². The molecule has 13 rings (SSSR count). The highest BCUT2D eigenvalue weighted by Crippen LogP contribution is 2.61. The van der Waals surface area contributed by atoms with Crippen molar-refractivity contribution in [2.75, 3.05) is 26.4 Å². The molecule has 0 unspecified atom stereocenters. The van der Waals surface area contributed by atoms with Crippen LogP contribution in [-0.4, -0.2) is 112 Å².